The lowest BCUT2D eigenvalue weighted by Gasteiger charge is -2.49. The first kappa shape index (κ1) is 30.5. The van der Waals surface area contributed by atoms with Crippen LogP contribution in [0.4, 0.5) is 20.2 Å². The highest BCUT2D eigenvalue weighted by molar-refractivity contribution is 5.76. The Morgan fingerprint density at radius 2 is 1.75 bits per heavy atom. The van der Waals surface area contributed by atoms with E-state index in [1.54, 1.807) is 24.4 Å². The van der Waals surface area contributed by atoms with Crippen molar-refractivity contribution in [3.63, 3.8) is 0 Å². The SMILES string of the molecule is CCC[C@H]1CN(C2NC=C(Nc3c(NC4CC4)c(=O)c3=O)C=C2O)CCN1C1CCN(Cc2ccc(OC(F)F)cc2)CC1. The minimum Gasteiger partial charge on any atom is -0.509 e. The first-order valence-electron chi connectivity index (χ1n) is 15.8. The third-order valence-corrected chi connectivity index (χ3v) is 9.21. The van der Waals surface area contributed by atoms with Gasteiger partial charge < -0.3 is 25.8 Å². The lowest BCUT2D eigenvalue weighted by atomic mass is 9.96. The number of benzene rings is 1. The molecule has 44 heavy (non-hydrogen) atoms. The summed E-state index contributed by atoms with van der Waals surface area (Å²) in [7, 11) is 0. The number of likely N-dealkylation sites (tertiary alicyclic amines) is 1. The number of alkyl halides is 2. The Bertz CT molecular complexity index is 1430. The second-order valence-electron chi connectivity index (χ2n) is 12.4. The van der Waals surface area contributed by atoms with Crippen LogP contribution < -0.4 is 31.5 Å². The number of hydrogen-bond acceptors (Lipinski definition) is 10. The molecule has 6 rings (SSSR count). The number of piperidine rings is 1. The molecule has 2 aromatic carbocycles. The third-order valence-electron chi connectivity index (χ3n) is 9.21. The Kier molecular flexibility index (Phi) is 9.20. The van der Waals surface area contributed by atoms with E-state index >= 15 is 0 Å². The van der Waals surface area contributed by atoms with Gasteiger partial charge in [-0.15, -0.1) is 0 Å². The number of nitrogens with zero attached hydrogens (tertiary/aromatic N) is 3. The minimum atomic E-state index is -2.81. The topological polar surface area (TPSA) is 109 Å². The number of dihydropyridines is 1. The summed E-state index contributed by atoms with van der Waals surface area (Å²) in [5.41, 5.74) is 1.20. The normalized spacial score (nSPS) is 24.2. The minimum absolute atomic E-state index is 0.177. The van der Waals surface area contributed by atoms with Gasteiger partial charge in [0, 0.05) is 56.6 Å². The Morgan fingerprint density at radius 3 is 2.41 bits per heavy atom. The summed E-state index contributed by atoms with van der Waals surface area (Å²) in [6, 6.07) is 8.05. The van der Waals surface area contributed by atoms with Crippen molar-refractivity contribution in [3.8, 4) is 5.75 Å². The number of aliphatic hydroxyl groups excluding tert-OH is 1. The lowest BCUT2D eigenvalue weighted by molar-refractivity contribution is -0.0498. The van der Waals surface area contributed by atoms with E-state index in [0.29, 0.717) is 23.5 Å². The highest BCUT2D eigenvalue weighted by Crippen LogP contribution is 2.29. The van der Waals surface area contributed by atoms with Gasteiger partial charge in [-0.2, -0.15) is 8.78 Å². The van der Waals surface area contributed by atoms with Crippen LogP contribution in [0.3, 0.4) is 0 Å². The average molecular weight is 613 g/mol. The number of anilines is 2. The Balaban J connectivity index is 1.00. The number of allylic oxidation sites excluding steroid dienone is 1. The van der Waals surface area contributed by atoms with E-state index in [0.717, 1.165) is 83.4 Å². The highest BCUT2D eigenvalue weighted by Gasteiger charge is 2.37. The van der Waals surface area contributed by atoms with Crippen molar-refractivity contribution >= 4 is 11.4 Å². The van der Waals surface area contributed by atoms with Crippen LogP contribution >= 0.6 is 0 Å². The Morgan fingerprint density at radius 1 is 1.02 bits per heavy atom. The zero-order chi connectivity index (χ0) is 30.8. The van der Waals surface area contributed by atoms with Crippen molar-refractivity contribution in [1.29, 1.82) is 0 Å². The summed E-state index contributed by atoms with van der Waals surface area (Å²) >= 11 is 0. The van der Waals surface area contributed by atoms with Crippen LogP contribution in [-0.2, 0) is 6.54 Å². The molecule has 1 saturated carbocycles. The summed E-state index contributed by atoms with van der Waals surface area (Å²) in [5, 5.41) is 20.5. The van der Waals surface area contributed by atoms with Crippen molar-refractivity contribution in [1.82, 2.24) is 20.0 Å². The highest BCUT2D eigenvalue weighted by atomic mass is 19.3. The molecule has 4 N–H and O–H groups in total. The number of aliphatic hydroxyl groups is 1. The molecule has 2 atom stereocenters. The number of hydrogen-bond donors (Lipinski definition) is 4. The van der Waals surface area contributed by atoms with E-state index in [-0.39, 0.29) is 29.4 Å². The Labute approximate surface area is 256 Å². The van der Waals surface area contributed by atoms with Crippen LogP contribution in [0, 0.1) is 0 Å². The van der Waals surface area contributed by atoms with Crippen molar-refractivity contribution in [2.75, 3.05) is 43.4 Å². The number of piperazine rings is 1. The molecule has 0 radical (unpaired) electrons. The fourth-order valence-corrected chi connectivity index (χ4v) is 6.77. The predicted octanol–water partition coefficient (Wildman–Crippen LogP) is 3.53. The molecular weight excluding hydrogens is 570 g/mol. The maximum atomic E-state index is 12.4. The van der Waals surface area contributed by atoms with Crippen molar-refractivity contribution in [2.45, 2.75) is 82.9 Å². The molecule has 12 heteroatoms. The molecule has 3 heterocycles. The number of halogens is 2. The van der Waals surface area contributed by atoms with Gasteiger partial charge in [-0.3, -0.25) is 24.3 Å². The van der Waals surface area contributed by atoms with E-state index in [1.165, 1.54) is 0 Å². The number of nitrogens with one attached hydrogen (secondary N) is 3. The van der Waals surface area contributed by atoms with Gasteiger partial charge in [0.15, 0.2) is 0 Å². The first-order valence-corrected chi connectivity index (χ1v) is 15.8. The third kappa shape index (κ3) is 6.92. The van der Waals surface area contributed by atoms with Gasteiger partial charge in [-0.05, 0) is 62.9 Å². The van der Waals surface area contributed by atoms with Gasteiger partial charge in [0.1, 0.15) is 29.0 Å². The standard InChI is InChI=1S/C32H42F2N6O4/c1-2-3-24-19-39(31-26(41)16-22(17-35-31)37-28-27(29(42)30(28)43)36-21-6-7-21)14-15-40(24)23-10-12-38(13-11-23)18-20-4-8-25(9-5-20)44-32(33)34/h4-5,8-9,16-17,21,23-24,31-32,35-37,41H,2-3,6-7,10-15,18-19H2,1H3/t24-,31?/m0/s1. The molecule has 0 aromatic heterocycles. The number of rotatable bonds is 12. The number of ether oxygens (including phenoxy) is 1. The van der Waals surface area contributed by atoms with Crippen molar-refractivity contribution in [3.05, 3.63) is 74.0 Å². The van der Waals surface area contributed by atoms with E-state index in [2.05, 4.69) is 42.3 Å². The van der Waals surface area contributed by atoms with Crippen LogP contribution in [0.1, 0.15) is 51.0 Å². The fraction of sp³-hybridized carbons (Fsp3) is 0.562. The maximum Gasteiger partial charge on any atom is 0.387 e. The summed E-state index contributed by atoms with van der Waals surface area (Å²) < 4.78 is 29.3. The van der Waals surface area contributed by atoms with Gasteiger partial charge >= 0.3 is 6.61 Å². The molecule has 1 unspecified atom stereocenters. The van der Waals surface area contributed by atoms with Gasteiger partial charge in [-0.25, -0.2) is 0 Å². The summed E-state index contributed by atoms with van der Waals surface area (Å²) in [6.45, 7) is 4.71. The molecular formula is C32H42F2N6O4. The quantitative estimate of drug-likeness (QED) is 0.266. The van der Waals surface area contributed by atoms with Gasteiger partial charge in [-0.1, -0.05) is 25.5 Å². The molecule has 0 amide bonds. The lowest BCUT2D eigenvalue weighted by Crippen LogP contribution is -2.62. The molecule has 10 nitrogen and oxygen atoms in total. The van der Waals surface area contributed by atoms with Crippen molar-refractivity contribution in [2.24, 2.45) is 0 Å². The molecule has 2 saturated heterocycles. The van der Waals surface area contributed by atoms with Crippen LogP contribution in [-0.4, -0.2) is 83.4 Å². The molecule has 0 bridgehead atoms. The zero-order valence-electron chi connectivity index (χ0n) is 25.1. The molecule has 0 spiro atoms. The molecule has 1 aliphatic carbocycles. The van der Waals surface area contributed by atoms with Crippen LogP contribution in [0.15, 0.2) is 57.6 Å². The Hall–Kier alpha value is -3.48. The summed E-state index contributed by atoms with van der Waals surface area (Å²) in [6.07, 6.45) is 9.34. The second kappa shape index (κ2) is 13.3. The van der Waals surface area contributed by atoms with Crippen LogP contribution in [0.5, 0.6) is 5.75 Å². The van der Waals surface area contributed by atoms with Crippen LogP contribution in [0.2, 0.25) is 0 Å². The monoisotopic (exact) mass is 612 g/mol. The van der Waals surface area contributed by atoms with E-state index < -0.39 is 17.5 Å². The fourth-order valence-electron chi connectivity index (χ4n) is 6.77. The van der Waals surface area contributed by atoms with E-state index in [1.807, 2.05) is 12.1 Å². The van der Waals surface area contributed by atoms with Gasteiger partial charge in [0.2, 0.25) is 0 Å². The molecule has 3 fully saturated rings. The van der Waals surface area contributed by atoms with Crippen molar-refractivity contribution < 1.29 is 18.6 Å². The van der Waals surface area contributed by atoms with E-state index in [9.17, 15) is 23.5 Å². The largest absolute Gasteiger partial charge is 0.509 e. The predicted molar refractivity (Wildman–Crippen MR) is 166 cm³/mol. The molecule has 4 aliphatic rings. The van der Waals surface area contributed by atoms with Gasteiger partial charge in [0.05, 0.1) is 5.70 Å². The molecule has 3 aliphatic heterocycles. The van der Waals surface area contributed by atoms with Crippen LogP contribution in [0.25, 0.3) is 0 Å². The average Bonchev–Trinajstić information content (AvgIpc) is 3.85. The maximum absolute atomic E-state index is 12.4. The second-order valence-corrected chi connectivity index (χ2v) is 12.4. The summed E-state index contributed by atoms with van der Waals surface area (Å²) in [4.78, 5) is 31.5. The smallest absolute Gasteiger partial charge is 0.387 e. The molecule has 2 aromatic rings. The van der Waals surface area contributed by atoms with Gasteiger partial charge in [0.25, 0.3) is 10.9 Å². The zero-order valence-corrected chi connectivity index (χ0v) is 25.1. The first-order chi connectivity index (χ1) is 21.3. The van der Waals surface area contributed by atoms with E-state index in [4.69, 9.17) is 0 Å². The summed E-state index contributed by atoms with van der Waals surface area (Å²) in [5.74, 6) is 0.357. The molecule has 238 valence electrons.